The van der Waals surface area contributed by atoms with Gasteiger partial charge in [-0.05, 0) is 31.5 Å². The molecule has 0 spiro atoms. The van der Waals surface area contributed by atoms with Crippen LogP contribution in [0.3, 0.4) is 0 Å². The van der Waals surface area contributed by atoms with Crippen molar-refractivity contribution in [2.45, 2.75) is 13.8 Å². The van der Waals surface area contributed by atoms with E-state index in [-0.39, 0.29) is 6.61 Å². The van der Waals surface area contributed by atoms with Crippen LogP contribution >= 0.6 is 0 Å². The molecular weight excluding hydrogens is 180 g/mol. The van der Waals surface area contributed by atoms with Gasteiger partial charge in [-0.25, -0.2) is 0 Å². The Morgan fingerprint density at radius 3 is 2.86 bits per heavy atom. The topological polar surface area (TPSA) is 46.5 Å². The third-order valence-electron chi connectivity index (χ3n) is 1.91. The van der Waals surface area contributed by atoms with Crippen molar-refractivity contribution in [2.75, 3.05) is 6.61 Å². The highest BCUT2D eigenvalue weighted by Gasteiger charge is 2.11. The van der Waals surface area contributed by atoms with Gasteiger partial charge in [-0.1, -0.05) is 12.1 Å². The van der Waals surface area contributed by atoms with E-state index in [2.05, 4.69) is 0 Å². The molecule has 0 aliphatic rings. The fourth-order valence-corrected chi connectivity index (χ4v) is 0.998. The Hall–Kier alpha value is -1.51. The molecule has 3 nitrogen and oxygen atoms in total. The second-order valence-electron chi connectivity index (χ2n) is 3.37. The number of carboxylic acids is 1. The van der Waals surface area contributed by atoms with E-state index in [9.17, 15) is 4.79 Å². The lowest BCUT2D eigenvalue weighted by atomic mass is 10.2. The molecule has 1 rings (SSSR count). The van der Waals surface area contributed by atoms with Crippen molar-refractivity contribution in [2.24, 2.45) is 5.92 Å². The van der Waals surface area contributed by atoms with Crippen molar-refractivity contribution in [3.05, 3.63) is 29.8 Å². The van der Waals surface area contributed by atoms with Crippen molar-refractivity contribution in [1.29, 1.82) is 0 Å². The van der Waals surface area contributed by atoms with Gasteiger partial charge in [-0.15, -0.1) is 0 Å². The molecule has 1 aromatic rings. The summed E-state index contributed by atoms with van der Waals surface area (Å²) in [5.41, 5.74) is 1.10. The van der Waals surface area contributed by atoms with Crippen molar-refractivity contribution in [3.8, 4) is 5.75 Å². The van der Waals surface area contributed by atoms with Gasteiger partial charge in [0.05, 0.1) is 5.92 Å². The van der Waals surface area contributed by atoms with Crippen LogP contribution in [0.1, 0.15) is 12.5 Å². The predicted molar refractivity (Wildman–Crippen MR) is 53.5 cm³/mol. The Bertz CT molecular complexity index is 320. The Labute approximate surface area is 83.3 Å². The van der Waals surface area contributed by atoms with Crippen LogP contribution in [0.25, 0.3) is 0 Å². The number of carboxylic acid groups (broad SMARTS) is 1. The molecule has 1 atom stereocenters. The van der Waals surface area contributed by atoms with Crippen LogP contribution in [-0.2, 0) is 4.79 Å². The lowest BCUT2D eigenvalue weighted by Gasteiger charge is -2.09. The molecule has 14 heavy (non-hydrogen) atoms. The summed E-state index contributed by atoms with van der Waals surface area (Å²) in [5.74, 6) is -0.591. The number of carbonyl (C=O) groups is 1. The molecule has 0 aromatic heterocycles. The maximum atomic E-state index is 10.5. The van der Waals surface area contributed by atoms with E-state index >= 15 is 0 Å². The SMILES string of the molecule is Cc1cccc(OCC(C)C(=O)O)c1. The van der Waals surface area contributed by atoms with Crippen molar-refractivity contribution in [3.63, 3.8) is 0 Å². The summed E-state index contributed by atoms with van der Waals surface area (Å²) in [6.45, 7) is 3.80. The van der Waals surface area contributed by atoms with Crippen LogP contribution in [0.5, 0.6) is 5.75 Å². The van der Waals surface area contributed by atoms with E-state index < -0.39 is 11.9 Å². The first-order valence-electron chi connectivity index (χ1n) is 4.52. The third kappa shape index (κ3) is 3.09. The zero-order valence-electron chi connectivity index (χ0n) is 8.36. The van der Waals surface area contributed by atoms with E-state index in [0.29, 0.717) is 0 Å². The second kappa shape index (κ2) is 4.65. The first-order valence-corrected chi connectivity index (χ1v) is 4.52. The smallest absolute Gasteiger partial charge is 0.309 e. The molecule has 0 saturated carbocycles. The number of aliphatic carboxylic acids is 1. The summed E-state index contributed by atoms with van der Waals surface area (Å²) >= 11 is 0. The molecule has 3 heteroatoms. The first-order chi connectivity index (χ1) is 6.59. The minimum Gasteiger partial charge on any atom is -0.493 e. The zero-order valence-corrected chi connectivity index (χ0v) is 8.36. The molecular formula is C11H14O3. The number of aryl methyl sites for hydroxylation is 1. The Morgan fingerprint density at radius 2 is 2.29 bits per heavy atom. The summed E-state index contributed by atoms with van der Waals surface area (Å²) in [5, 5.41) is 8.63. The molecule has 0 amide bonds. The summed E-state index contributed by atoms with van der Waals surface area (Å²) in [6.07, 6.45) is 0. The molecule has 0 aliphatic carbocycles. The van der Waals surface area contributed by atoms with Gasteiger partial charge in [0.15, 0.2) is 0 Å². The molecule has 1 unspecified atom stereocenters. The van der Waals surface area contributed by atoms with Crippen LogP contribution in [0, 0.1) is 12.8 Å². The standard InChI is InChI=1S/C11H14O3/c1-8-4-3-5-10(6-8)14-7-9(2)11(12)13/h3-6,9H,7H2,1-2H3,(H,12,13). The Kier molecular flexibility index (Phi) is 3.51. The normalized spacial score (nSPS) is 12.1. The molecule has 0 fully saturated rings. The van der Waals surface area contributed by atoms with Crippen molar-refractivity contribution < 1.29 is 14.6 Å². The van der Waals surface area contributed by atoms with Crippen LogP contribution in [0.2, 0.25) is 0 Å². The van der Waals surface area contributed by atoms with Crippen molar-refractivity contribution >= 4 is 5.97 Å². The quantitative estimate of drug-likeness (QED) is 0.798. The van der Waals surface area contributed by atoms with Crippen LogP contribution in [0.15, 0.2) is 24.3 Å². The first kappa shape index (κ1) is 10.6. The lowest BCUT2D eigenvalue weighted by Crippen LogP contribution is -2.17. The monoisotopic (exact) mass is 194 g/mol. The summed E-state index contributed by atoms with van der Waals surface area (Å²) in [7, 11) is 0. The van der Waals surface area contributed by atoms with Crippen molar-refractivity contribution in [1.82, 2.24) is 0 Å². The maximum Gasteiger partial charge on any atom is 0.309 e. The fourth-order valence-electron chi connectivity index (χ4n) is 0.998. The predicted octanol–water partition coefficient (Wildman–Crippen LogP) is 2.09. The van der Waals surface area contributed by atoms with Gasteiger partial charge in [-0.3, -0.25) is 4.79 Å². The second-order valence-corrected chi connectivity index (χ2v) is 3.37. The molecule has 0 saturated heterocycles. The Balaban J connectivity index is 2.49. The van der Waals surface area contributed by atoms with Crippen LogP contribution in [-0.4, -0.2) is 17.7 Å². The number of hydrogen-bond donors (Lipinski definition) is 1. The lowest BCUT2D eigenvalue weighted by molar-refractivity contribution is -0.142. The van der Waals surface area contributed by atoms with Gasteiger partial charge in [-0.2, -0.15) is 0 Å². The van der Waals surface area contributed by atoms with Gasteiger partial charge in [0.2, 0.25) is 0 Å². The van der Waals surface area contributed by atoms with Crippen LogP contribution in [0.4, 0.5) is 0 Å². The molecule has 1 aromatic carbocycles. The van der Waals surface area contributed by atoms with E-state index in [1.54, 1.807) is 6.92 Å². The molecule has 0 aliphatic heterocycles. The van der Waals surface area contributed by atoms with E-state index in [0.717, 1.165) is 11.3 Å². The maximum absolute atomic E-state index is 10.5. The highest BCUT2D eigenvalue weighted by Crippen LogP contribution is 2.13. The van der Waals surface area contributed by atoms with E-state index in [4.69, 9.17) is 9.84 Å². The van der Waals surface area contributed by atoms with E-state index in [1.807, 2.05) is 31.2 Å². The van der Waals surface area contributed by atoms with Gasteiger partial charge in [0.25, 0.3) is 0 Å². The summed E-state index contributed by atoms with van der Waals surface area (Å²) in [6, 6.07) is 7.56. The molecule has 0 radical (unpaired) electrons. The minimum absolute atomic E-state index is 0.207. The van der Waals surface area contributed by atoms with Crippen LogP contribution < -0.4 is 4.74 Å². The third-order valence-corrected chi connectivity index (χ3v) is 1.91. The van der Waals surface area contributed by atoms with E-state index in [1.165, 1.54) is 0 Å². The summed E-state index contributed by atoms with van der Waals surface area (Å²) in [4.78, 5) is 10.5. The average molecular weight is 194 g/mol. The number of rotatable bonds is 4. The largest absolute Gasteiger partial charge is 0.493 e. The molecule has 76 valence electrons. The van der Waals surface area contributed by atoms with Gasteiger partial charge >= 0.3 is 5.97 Å². The zero-order chi connectivity index (χ0) is 10.6. The summed E-state index contributed by atoms with van der Waals surface area (Å²) < 4.78 is 5.33. The minimum atomic E-state index is -0.836. The highest BCUT2D eigenvalue weighted by molar-refractivity contribution is 5.69. The average Bonchev–Trinajstić information content (AvgIpc) is 2.14. The van der Waals surface area contributed by atoms with Gasteiger partial charge in [0, 0.05) is 0 Å². The highest BCUT2D eigenvalue weighted by atomic mass is 16.5. The molecule has 0 bridgehead atoms. The Morgan fingerprint density at radius 1 is 1.57 bits per heavy atom. The number of hydrogen-bond acceptors (Lipinski definition) is 2. The van der Waals surface area contributed by atoms with Gasteiger partial charge < -0.3 is 9.84 Å². The molecule has 1 N–H and O–H groups in total. The number of benzene rings is 1. The fraction of sp³-hybridized carbons (Fsp3) is 0.364. The molecule has 0 heterocycles. The van der Waals surface area contributed by atoms with Gasteiger partial charge in [0.1, 0.15) is 12.4 Å². The number of ether oxygens (including phenoxy) is 1.